The van der Waals surface area contributed by atoms with Crippen molar-refractivity contribution >= 4 is 17.2 Å². The highest BCUT2D eigenvalue weighted by atomic mass is 35.5. The Morgan fingerprint density at radius 2 is 2.00 bits per heavy atom. The quantitative estimate of drug-likeness (QED) is 0.346. The van der Waals surface area contributed by atoms with Crippen LogP contribution in [0.4, 0.5) is 13.2 Å². The van der Waals surface area contributed by atoms with Crippen molar-refractivity contribution < 1.29 is 22.6 Å². The van der Waals surface area contributed by atoms with E-state index in [2.05, 4.69) is 9.97 Å². The summed E-state index contributed by atoms with van der Waals surface area (Å²) in [6.07, 6.45) is 0.835. The molecule has 0 radical (unpaired) electrons. The molecule has 2 aliphatic rings. The fourth-order valence-corrected chi connectivity index (χ4v) is 5.06. The Morgan fingerprint density at radius 3 is 2.81 bits per heavy atom. The predicted molar refractivity (Wildman–Crippen MR) is 128 cm³/mol. The second-order valence-electron chi connectivity index (χ2n) is 9.06. The Hall–Kier alpha value is -3.34. The number of hydrogen-bond donors (Lipinski definition) is 0. The molecule has 1 saturated heterocycles. The Labute approximate surface area is 213 Å². The van der Waals surface area contributed by atoms with E-state index in [4.69, 9.17) is 26.1 Å². The van der Waals surface area contributed by atoms with Crippen LogP contribution in [0.3, 0.4) is 0 Å². The number of rotatable bonds is 4. The lowest BCUT2D eigenvalue weighted by atomic mass is 9.89. The van der Waals surface area contributed by atoms with Gasteiger partial charge in [-0.1, -0.05) is 11.6 Å². The zero-order valence-electron chi connectivity index (χ0n) is 19.3. The zero-order chi connectivity index (χ0) is 25.7. The van der Waals surface area contributed by atoms with Crippen LogP contribution < -0.4 is 5.56 Å². The highest BCUT2D eigenvalue weighted by Gasteiger charge is 2.29. The summed E-state index contributed by atoms with van der Waals surface area (Å²) in [5.41, 5.74) is 2.09. The van der Waals surface area contributed by atoms with Crippen molar-refractivity contribution in [1.29, 1.82) is 0 Å². The average Bonchev–Trinajstić information content (AvgIpc) is 3.38. The number of hydrogen-bond acceptors (Lipinski definition) is 6. The summed E-state index contributed by atoms with van der Waals surface area (Å²) >= 11 is 5.97. The highest BCUT2D eigenvalue weighted by molar-refractivity contribution is 6.30. The minimum atomic E-state index is -2.69. The zero-order valence-corrected chi connectivity index (χ0v) is 20.1. The van der Waals surface area contributed by atoms with Gasteiger partial charge in [0.2, 0.25) is 0 Å². The summed E-state index contributed by atoms with van der Waals surface area (Å²) in [6.45, 7) is 0.705. The van der Waals surface area contributed by atoms with Gasteiger partial charge in [-0.05, 0) is 48.7 Å². The van der Waals surface area contributed by atoms with E-state index in [1.165, 1.54) is 28.8 Å². The molecule has 2 unspecified atom stereocenters. The summed E-state index contributed by atoms with van der Waals surface area (Å²) < 4.78 is 54.2. The van der Waals surface area contributed by atoms with Crippen LogP contribution in [0.25, 0.3) is 16.9 Å². The molecule has 5 heterocycles. The summed E-state index contributed by atoms with van der Waals surface area (Å²) in [6, 6.07) is 7.24. The maximum atomic E-state index is 15.0. The lowest BCUT2D eigenvalue weighted by Gasteiger charge is -2.30. The predicted octanol–water partition coefficient (Wildman–Crippen LogP) is 5.55. The van der Waals surface area contributed by atoms with E-state index in [1.807, 2.05) is 0 Å². The van der Waals surface area contributed by atoms with Crippen LogP contribution in [-0.4, -0.2) is 26.0 Å². The molecule has 0 bridgehead atoms. The Morgan fingerprint density at radius 1 is 1.14 bits per heavy atom. The van der Waals surface area contributed by atoms with Gasteiger partial charge in [0.15, 0.2) is 5.65 Å². The van der Waals surface area contributed by atoms with E-state index in [0.717, 1.165) is 0 Å². The fraction of sp³-hybridized carbons (Fsp3) is 0.308. The van der Waals surface area contributed by atoms with Gasteiger partial charge in [0, 0.05) is 35.5 Å². The molecule has 0 N–H and O–H groups in total. The number of pyridine rings is 1. The van der Waals surface area contributed by atoms with Gasteiger partial charge in [-0.15, -0.1) is 0 Å². The molecule has 7 nitrogen and oxygen atoms in total. The number of nitrogens with zero attached hydrogens (tertiary/aromatic N) is 4. The lowest BCUT2D eigenvalue weighted by Crippen LogP contribution is -2.24. The first kappa shape index (κ1) is 24.0. The second-order valence-corrected chi connectivity index (χ2v) is 9.50. The average molecular weight is 529 g/mol. The third-order valence-electron chi connectivity index (χ3n) is 6.78. The van der Waals surface area contributed by atoms with Gasteiger partial charge in [0.25, 0.3) is 12.0 Å². The largest absolute Gasteiger partial charge is 0.373 e. The van der Waals surface area contributed by atoms with Crippen LogP contribution in [0.2, 0.25) is 5.02 Å². The van der Waals surface area contributed by atoms with E-state index in [1.54, 1.807) is 18.3 Å². The van der Waals surface area contributed by atoms with Gasteiger partial charge in [-0.3, -0.25) is 14.2 Å². The Kier molecular flexibility index (Phi) is 6.18. The molecule has 37 heavy (non-hydrogen) atoms. The lowest BCUT2D eigenvalue weighted by molar-refractivity contribution is 0.00433. The molecule has 0 spiro atoms. The monoisotopic (exact) mass is 528 g/mol. The Bertz CT molecular complexity index is 1580. The standard InChI is InChI=1S/C26H20ClF3N4O3/c27-15-1-2-16(18(28)9-15)23-25-33-21-12-36-11-17(21)26(35)34(25)10-20(32-23)13-4-6-37-22(8-13)14-3-5-31-19(7-14)24(29)30/h1-3,5,7,9-10,13,22,24H,4,6,8,11-12H2. The van der Waals surface area contributed by atoms with E-state index in [9.17, 15) is 13.6 Å². The molecule has 6 rings (SSSR count). The van der Waals surface area contributed by atoms with Crippen molar-refractivity contribution in [2.45, 2.75) is 44.5 Å². The highest BCUT2D eigenvalue weighted by Crippen LogP contribution is 2.38. The molecule has 190 valence electrons. The molecule has 2 aliphatic heterocycles. The smallest absolute Gasteiger partial charge is 0.280 e. The van der Waals surface area contributed by atoms with Gasteiger partial charge in [-0.25, -0.2) is 23.1 Å². The minimum absolute atomic E-state index is 0.153. The number of benzene rings is 1. The van der Waals surface area contributed by atoms with Gasteiger partial charge < -0.3 is 9.47 Å². The van der Waals surface area contributed by atoms with Crippen LogP contribution in [-0.2, 0) is 22.7 Å². The molecule has 11 heteroatoms. The molecule has 4 aromatic rings. The normalized spacial score (nSPS) is 19.5. The molecular weight excluding hydrogens is 509 g/mol. The van der Waals surface area contributed by atoms with E-state index < -0.39 is 18.3 Å². The third-order valence-corrected chi connectivity index (χ3v) is 7.02. The van der Waals surface area contributed by atoms with E-state index >= 15 is 4.39 Å². The Balaban J connectivity index is 1.47. The van der Waals surface area contributed by atoms with Crippen LogP contribution in [0.5, 0.6) is 0 Å². The van der Waals surface area contributed by atoms with Crippen molar-refractivity contribution in [2.24, 2.45) is 0 Å². The number of alkyl halides is 2. The number of aromatic nitrogens is 4. The maximum Gasteiger partial charge on any atom is 0.280 e. The van der Waals surface area contributed by atoms with E-state index in [0.29, 0.717) is 42.0 Å². The first-order valence-electron chi connectivity index (χ1n) is 11.7. The second kappa shape index (κ2) is 9.51. The number of halogens is 4. The summed E-state index contributed by atoms with van der Waals surface area (Å²) in [5.74, 6) is -0.775. The summed E-state index contributed by atoms with van der Waals surface area (Å²) in [5, 5.41) is 0.230. The van der Waals surface area contributed by atoms with Crippen molar-refractivity contribution in [3.8, 4) is 11.3 Å². The van der Waals surface area contributed by atoms with Crippen LogP contribution in [0, 0.1) is 5.82 Å². The molecule has 0 saturated carbocycles. The fourth-order valence-electron chi connectivity index (χ4n) is 4.90. The van der Waals surface area contributed by atoms with E-state index in [-0.39, 0.29) is 52.3 Å². The first-order chi connectivity index (χ1) is 17.9. The molecule has 0 amide bonds. The molecule has 1 fully saturated rings. The van der Waals surface area contributed by atoms with Crippen molar-refractivity contribution in [3.63, 3.8) is 0 Å². The molecule has 2 atom stereocenters. The minimum Gasteiger partial charge on any atom is -0.373 e. The number of fused-ring (bicyclic) bond motifs is 2. The van der Waals surface area contributed by atoms with Gasteiger partial charge in [0.1, 0.15) is 17.2 Å². The molecule has 0 aliphatic carbocycles. The van der Waals surface area contributed by atoms with Gasteiger partial charge in [0.05, 0.1) is 36.3 Å². The van der Waals surface area contributed by atoms with Gasteiger partial charge in [-0.2, -0.15) is 0 Å². The third kappa shape index (κ3) is 4.39. The maximum absolute atomic E-state index is 15.0. The molecule has 1 aromatic carbocycles. The van der Waals surface area contributed by atoms with Crippen molar-refractivity contribution in [3.05, 3.63) is 92.1 Å². The summed E-state index contributed by atoms with van der Waals surface area (Å²) in [7, 11) is 0. The number of ether oxygens (including phenoxy) is 2. The van der Waals surface area contributed by atoms with Crippen LogP contribution >= 0.6 is 11.6 Å². The van der Waals surface area contributed by atoms with Gasteiger partial charge >= 0.3 is 0 Å². The topological polar surface area (TPSA) is 78.6 Å². The first-order valence-corrected chi connectivity index (χ1v) is 12.1. The molecule has 3 aromatic heterocycles. The van der Waals surface area contributed by atoms with Crippen LogP contribution in [0.1, 0.15) is 59.5 Å². The summed E-state index contributed by atoms with van der Waals surface area (Å²) in [4.78, 5) is 26.5. The van der Waals surface area contributed by atoms with Crippen molar-refractivity contribution in [2.75, 3.05) is 6.61 Å². The SMILES string of the molecule is O=c1c2c(nc3c(-c4ccc(Cl)cc4F)nc(C4CCOC(c5ccnc(C(F)F)c5)C4)cn13)COC2. The van der Waals surface area contributed by atoms with Crippen LogP contribution in [0.15, 0.2) is 47.5 Å². The van der Waals surface area contributed by atoms with Crippen molar-refractivity contribution in [1.82, 2.24) is 19.4 Å². The molecular formula is C26H20ClF3N4O3.